The van der Waals surface area contributed by atoms with Crippen LogP contribution in [0.5, 0.6) is 0 Å². The zero-order valence-corrected chi connectivity index (χ0v) is 13.9. The van der Waals surface area contributed by atoms with Crippen molar-refractivity contribution in [3.63, 3.8) is 0 Å². The Bertz CT molecular complexity index is 824. The van der Waals surface area contributed by atoms with Crippen LogP contribution in [-0.2, 0) is 29.4 Å². The van der Waals surface area contributed by atoms with Gasteiger partial charge in [0, 0.05) is 18.3 Å². The van der Waals surface area contributed by atoms with Crippen LogP contribution in [0.4, 0.5) is 0 Å². The number of cyclic esters (lactones) is 1. The lowest BCUT2D eigenvalue weighted by atomic mass is 9.97. The van der Waals surface area contributed by atoms with Gasteiger partial charge in [-0.1, -0.05) is 11.8 Å². The number of carbonyl (C=O) groups is 1. The Morgan fingerprint density at radius 2 is 2.14 bits per heavy atom. The Kier molecular flexibility index (Phi) is 3.49. The summed E-state index contributed by atoms with van der Waals surface area (Å²) in [7, 11) is 1.74. The molecule has 5 nitrogen and oxygen atoms in total. The maximum atomic E-state index is 12.7. The topological polar surface area (TPSA) is 61.2 Å². The first-order chi connectivity index (χ1) is 10.6. The summed E-state index contributed by atoms with van der Waals surface area (Å²) < 4.78 is 6.57. The van der Waals surface area contributed by atoms with Crippen molar-refractivity contribution in [3.8, 4) is 0 Å². The molecule has 7 heteroatoms. The molecule has 1 atom stereocenters. The predicted octanol–water partition coefficient (Wildman–Crippen LogP) is 2.28. The van der Waals surface area contributed by atoms with Gasteiger partial charge in [0.2, 0.25) is 0 Å². The quantitative estimate of drug-likeness (QED) is 0.622. The minimum absolute atomic E-state index is 0.0123. The lowest BCUT2D eigenvalue weighted by molar-refractivity contribution is -0.137. The van der Waals surface area contributed by atoms with Crippen LogP contribution in [0, 0.1) is 0 Å². The minimum Gasteiger partial charge on any atom is -0.465 e. The molecular formula is C15H16N2O3S2. The van der Waals surface area contributed by atoms with Crippen LogP contribution in [-0.4, -0.2) is 27.4 Å². The van der Waals surface area contributed by atoms with E-state index in [-0.39, 0.29) is 16.8 Å². The average molecular weight is 336 g/mol. The van der Waals surface area contributed by atoms with Crippen molar-refractivity contribution in [3.05, 3.63) is 20.8 Å². The summed E-state index contributed by atoms with van der Waals surface area (Å²) in [5.41, 5.74) is 1.22. The van der Waals surface area contributed by atoms with Crippen LogP contribution >= 0.6 is 23.1 Å². The molecule has 0 unspecified atom stereocenters. The van der Waals surface area contributed by atoms with Gasteiger partial charge in [-0.25, -0.2) is 4.98 Å². The maximum absolute atomic E-state index is 12.7. The Hall–Kier alpha value is -1.34. The first-order valence-corrected chi connectivity index (χ1v) is 9.19. The maximum Gasteiger partial charge on any atom is 0.319 e. The Morgan fingerprint density at radius 1 is 1.32 bits per heavy atom. The molecule has 22 heavy (non-hydrogen) atoms. The Balaban J connectivity index is 1.82. The third-order valence-electron chi connectivity index (χ3n) is 4.29. The van der Waals surface area contributed by atoms with Crippen molar-refractivity contribution in [1.29, 1.82) is 0 Å². The van der Waals surface area contributed by atoms with E-state index >= 15 is 0 Å². The number of aromatic nitrogens is 2. The van der Waals surface area contributed by atoms with Crippen LogP contribution in [0.2, 0.25) is 0 Å². The minimum atomic E-state index is -0.245. The van der Waals surface area contributed by atoms with Gasteiger partial charge in [0.15, 0.2) is 5.16 Å². The number of nitrogens with zero attached hydrogens (tertiary/aromatic N) is 2. The van der Waals surface area contributed by atoms with E-state index in [9.17, 15) is 9.59 Å². The molecular weight excluding hydrogens is 320 g/mol. The molecule has 2 aliphatic rings. The molecule has 0 radical (unpaired) electrons. The number of hydrogen-bond donors (Lipinski definition) is 0. The number of hydrogen-bond acceptors (Lipinski definition) is 6. The van der Waals surface area contributed by atoms with Gasteiger partial charge in [0.25, 0.3) is 5.56 Å². The molecule has 3 heterocycles. The van der Waals surface area contributed by atoms with Gasteiger partial charge < -0.3 is 4.74 Å². The van der Waals surface area contributed by atoms with Gasteiger partial charge in [-0.15, -0.1) is 11.3 Å². The van der Waals surface area contributed by atoms with Crippen molar-refractivity contribution in [2.24, 2.45) is 7.05 Å². The second-order valence-electron chi connectivity index (χ2n) is 5.71. The molecule has 0 spiro atoms. The smallest absolute Gasteiger partial charge is 0.319 e. The number of rotatable bonds is 2. The fourth-order valence-corrected chi connectivity index (χ4v) is 5.41. The van der Waals surface area contributed by atoms with E-state index in [1.807, 2.05) is 0 Å². The average Bonchev–Trinajstić information content (AvgIpc) is 3.08. The molecule has 0 N–H and O–H groups in total. The predicted molar refractivity (Wildman–Crippen MR) is 86.7 cm³/mol. The molecule has 2 aromatic heterocycles. The summed E-state index contributed by atoms with van der Waals surface area (Å²) in [5.74, 6) is -0.204. The Morgan fingerprint density at radius 3 is 2.91 bits per heavy atom. The first-order valence-electron chi connectivity index (χ1n) is 7.49. The van der Waals surface area contributed by atoms with Gasteiger partial charge in [-0.2, -0.15) is 0 Å². The van der Waals surface area contributed by atoms with E-state index in [1.165, 1.54) is 28.6 Å². The molecule has 0 saturated carbocycles. The number of carbonyl (C=O) groups excluding carboxylic acids is 1. The summed E-state index contributed by atoms with van der Waals surface area (Å²) >= 11 is 2.99. The normalized spacial score (nSPS) is 21.1. The third kappa shape index (κ3) is 2.18. The van der Waals surface area contributed by atoms with Crippen LogP contribution in [0.15, 0.2) is 9.95 Å². The SMILES string of the molecule is Cn1c(S[C@H]2CCOC2=O)nc2sc3c(c2c1=O)CCCC3. The van der Waals surface area contributed by atoms with E-state index in [1.54, 1.807) is 23.0 Å². The summed E-state index contributed by atoms with van der Waals surface area (Å²) in [6, 6.07) is 0. The second kappa shape index (κ2) is 5.38. The van der Waals surface area contributed by atoms with Crippen LogP contribution in [0.1, 0.15) is 29.7 Å². The number of ether oxygens (including phenoxy) is 1. The van der Waals surface area contributed by atoms with Gasteiger partial charge in [0.05, 0.1) is 12.0 Å². The third-order valence-corrected chi connectivity index (χ3v) is 6.76. The molecule has 0 amide bonds. The lowest BCUT2D eigenvalue weighted by Crippen LogP contribution is -2.22. The van der Waals surface area contributed by atoms with E-state index in [2.05, 4.69) is 4.98 Å². The number of thiophene rings is 1. The monoisotopic (exact) mass is 336 g/mol. The number of fused-ring (bicyclic) bond motifs is 3. The van der Waals surface area contributed by atoms with Crippen molar-refractivity contribution in [1.82, 2.24) is 9.55 Å². The van der Waals surface area contributed by atoms with Gasteiger partial charge in [0.1, 0.15) is 10.1 Å². The Labute approximate surface area is 135 Å². The van der Waals surface area contributed by atoms with Crippen molar-refractivity contribution in [2.75, 3.05) is 6.61 Å². The fraction of sp³-hybridized carbons (Fsp3) is 0.533. The van der Waals surface area contributed by atoms with E-state index in [4.69, 9.17) is 4.74 Å². The molecule has 0 bridgehead atoms. The highest BCUT2D eigenvalue weighted by molar-refractivity contribution is 8.00. The van der Waals surface area contributed by atoms with Gasteiger partial charge in [-0.3, -0.25) is 14.2 Å². The molecule has 0 aromatic carbocycles. The fourth-order valence-electron chi connectivity index (χ4n) is 3.08. The van der Waals surface area contributed by atoms with Crippen molar-refractivity contribution in [2.45, 2.75) is 42.5 Å². The highest BCUT2D eigenvalue weighted by atomic mass is 32.2. The summed E-state index contributed by atoms with van der Waals surface area (Å²) in [6.45, 7) is 0.458. The van der Waals surface area contributed by atoms with E-state index < -0.39 is 0 Å². The van der Waals surface area contributed by atoms with E-state index in [0.717, 1.165) is 29.5 Å². The lowest BCUT2D eigenvalue weighted by Gasteiger charge is -2.11. The summed E-state index contributed by atoms with van der Waals surface area (Å²) in [4.78, 5) is 31.2. The molecule has 4 rings (SSSR count). The number of esters is 1. The van der Waals surface area contributed by atoms with Crippen LogP contribution < -0.4 is 5.56 Å². The zero-order chi connectivity index (χ0) is 15.3. The van der Waals surface area contributed by atoms with Gasteiger partial charge in [-0.05, 0) is 31.2 Å². The van der Waals surface area contributed by atoms with Crippen molar-refractivity contribution < 1.29 is 9.53 Å². The molecule has 1 fully saturated rings. The number of aryl methyl sites for hydroxylation is 2. The highest BCUT2D eigenvalue weighted by Gasteiger charge is 2.30. The molecule has 1 saturated heterocycles. The molecule has 116 valence electrons. The first kappa shape index (κ1) is 14.3. The molecule has 1 aliphatic heterocycles. The largest absolute Gasteiger partial charge is 0.465 e. The second-order valence-corrected chi connectivity index (χ2v) is 7.97. The van der Waals surface area contributed by atoms with Gasteiger partial charge >= 0.3 is 5.97 Å². The number of thioether (sulfide) groups is 1. The highest BCUT2D eigenvalue weighted by Crippen LogP contribution is 2.35. The molecule has 1 aliphatic carbocycles. The van der Waals surface area contributed by atoms with Crippen LogP contribution in [0.25, 0.3) is 10.2 Å². The van der Waals surface area contributed by atoms with Crippen LogP contribution in [0.3, 0.4) is 0 Å². The van der Waals surface area contributed by atoms with Crippen molar-refractivity contribution >= 4 is 39.3 Å². The zero-order valence-electron chi connectivity index (χ0n) is 12.3. The summed E-state index contributed by atoms with van der Waals surface area (Å²) in [5, 5.41) is 1.16. The molecule has 2 aromatic rings. The van der Waals surface area contributed by atoms with E-state index in [0.29, 0.717) is 18.2 Å². The standard InChI is InChI=1S/C15H16N2O3S2/c1-17-13(18)11-8-4-2-3-5-9(8)21-12(11)16-15(17)22-10-6-7-20-14(10)19/h10H,2-7H2,1H3/t10-/m0/s1. The summed E-state index contributed by atoms with van der Waals surface area (Å²) in [6.07, 6.45) is 5.05.